The molecule has 0 N–H and O–H groups in total. The number of aromatic nitrogens is 1. The molecule has 7 heteroatoms. The van der Waals surface area contributed by atoms with E-state index in [4.69, 9.17) is 21.6 Å². The fourth-order valence-corrected chi connectivity index (χ4v) is 5.90. The van der Waals surface area contributed by atoms with E-state index in [0.717, 1.165) is 40.6 Å². The Bertz CT molecular complexity index is 1430. The van der Waals surface area contributed by atoms with E-state index in [9.17, 15) is 4.79 Å². The molecule has 1 aromatic heterocycles. The van der Waals surface area contributed by atoms with Crippen LogP contribution < -0.4 is 4.90 Å². The molecule has 1 amide bonds. The van der Waals surface area contributed by atoms with Crippen LogP contribution in [0.4, 0.5) is 11.5 Å². The number of halogens is 1. The summed E-state index contributed by atoms with van der Waals surface area (Å²) in [4.78, 5) is 29.0. The van der Waals surface area contributed by atoms with Gasteiger partial charge in [0.2, 0.25) is 5.91 Å². The van der Waals surface area contributed by atoms with Gasteiger partial charge in [0.25, 0.3) is 0 Å². The van der Waals surface area contributed by atoms with Gasteiger partial charge >= 0.3 is 0 Å². The molecular weight excluding hydrogens is 506 g/mol. The first-order chi connectivity index (χ1) is 18.8. The average molecular weight is 542 g/mol. The summed E-state index contributed by atoms with van der Waals surface area (Å²) in [5.41, 5.74) is 6.32. The molecule has 6 nitrogen and oxygen atoms in total. The lowest BCUT2D eigenvalue weighted by molar-refractivity contribution is -0.128. The van der Waals surface area contributed by atoms with E-state index in [-0.39, 0.29) is 11.9 Å². The van der Waals surface area contributed by atoms with Gasteiger partial charge in [0.1, 0.15) is 18.3 Å². The lowest BCUT2D eigenvalue weighted by Crippen LogP contribution is -2.56. The first-order valence-corrected chi connectivity index (χ1v) is 14.1. The van der Waals surface area contributed by atoms with Gasteiger partial charge in [0, 0.05) is 36.9 Å². The average Bonchev–Trinajstić information content (AvgIpc) is 2.96. The number of carbonyl (C=O) groups excluding carboxylic acids is 1. The number of rotatable bonds is 5. The van der Waals surface area contributed by atoms with Gasteiger partial charge < -0.3 is 14.7 Å². The number of para-hydroxylation sites is 1. The number of aryl methyl sites for hydroxylation is 1. The number of piperazine rings is 1. The van der Waals surface area contributed by atoms with Crippen LogP contribution in [0.15, 0.2) is 72.2 Å². The Morgan fingerprint density at radius 2 is 1.87 bits per heavy atom. The molecule has 3 aromatic rings. The van der Waals surface area contributed by atoms with Crippen LogP contribution in [-0.2, 0) is 11.2 Å². The number of anilines is 2. The number of benzene rings is 2. The molecule has 1 atom stereocenters. The highest BCUT2D eigenvalue weighted by atomic mass is 35.5. The Morgan fingerprint density at radius 1 is 1.13 bits per heavy atom. The summed E-state index contributed by atoms with van der Waals surface area (Å²) in [5, 5.41) is 0.606. The second-order valence-corrected chi connectivity index (χ2v) is 10.9. The normalized spacial score (nSPS) is 17.2. The van der Waals surface area contributed by atoms with Crippen molar-refractivity contribution in [2.24, 2.45) is 4.99 Å². The van der Waals surface area contributed by atoms with E-state index >= 15 is 0 Å². The van der Waals surface area contributed by atoms with Crippen molar-refractivity contribution >= 4 is 34.8 Å². The molecule has 2 aliphatic rings. The molecule has 0 radical (unpaired) electrons. The fourth-order valence-electron chi connectivity index (χ4n) is 5.65. The molecule has 202 valence electrons. The summed E-state index contributed by atoms with van der Waals surface area (Å²) in [5.74, 6) is 2.05. The standard InChI is InChI=1S/C32H36ClN5O/c1-6-23-12-8-9-14-25(23)30-27(33)18-26-31(37-17-16-36(19-22(37)5)29(39)7-2)34-20-38(32(26)35-30)28-15-11-10-13-24(28)21(3)4/h7-15,18,21-22H,2,6,16-17,19-20H2,1,3-5H3/t22-/m0/s1. The third-order valence-electron chi connectivity index (χ3n) is 7.70. The third kappa shape index (κ3) is 5.06. The van der Waals surface area contributed by atoms with Crippen LogP contribution in [0.5, 0.6) is 0 Å². The summed E-state index contributed by atoms with van der Waals surface area (Å²) >= 11 is 7.01. The molecule has 0 saturated carbocycles. The van der Waals surface area contributed by atoms with Gasteiger partial charge in [-0.1, -0.05) is 81.4 Å². The number of amides is 1. The number of carbonyl (C=O) groups is 1. The Kier molecular flexibility index (Phi) is 7.76. The van der Waals surface area contributed by atoms with Crippen molar-refractivity contribution in [1.29, 1.82) is 0 Å². The Morgan fingerprint density at radius 3 is 2.59 bits per heavy atom. The van der Waals surface area contributed by atoms with Crippen molar-refractivity contribution in [3.8, 4) is 11.3 Å². The van der Waals surface area contributed by atoms with Crippen molar-refractivity contribution in [1.82, 2.24) is 14.8 Å². The molecule has 1 saturated heterocycles. The summed E-state index contributed by atoms with van der Waals surface area (Å²) in [6.45, 7) is 14.7. The van der Waals surface area contributed by atoms with Crippen LogP contribution in [0.2, 0.25) is 5.02 Å². The molecule has 0 aliphatic carbocycles. The zero-order valence-electron chi connectivity index (χ0n) is 23.2. The third-order valence-corrected chi connectivity index (χ3v) is 7.99. The van der Waals surface area contributed by atoms with E-state index in [2.05, 4.69) is 86.5 Å². The lowest BCUT2D eigenvalue weighted by Gasteiger charge is -2.43. The largest absolute Gasteiger partial charge is 0.350 e. The van der Waals surface area contributed by atoms with E-state index in [1.807, 2.05) is 17.0 Å². The molecule has 5 rings (SSSR count). The van der Waals surface area contributed by atoms with Crippen molar-refractivity contribution in [2.75, 3.05) is 31.2 Å². The Balaban J connectivity index is 1.64. The second-order valence-electron chi connectivity index (χ2n) is 10.5. The zero-order chi connectivity index (χ0) is 27.7. The molecule has 2 aromatic carbocycles. The van der Waals surface area contributed by atoms with E-state index in [1.165, 1.54) is 17.2 Å². The minimum atomic E-state index is -0.0344. The molecule has 2 aliphatic heterocycles. The number of amidine groups is 1. The molecule has 1 fully saturated rings. The number of pyridine rings is 1. The van der Waals surface area contributed by atoms with Gasteiger partial charge in [-0.3, -0.25) is 4.79 Å². The number of hydrogen-bond acceptors (Lipinski definition) is 5. The first kappa shape index (κ1) is 26.9. The van der Waals surface area contributed by atoms with Crippen molar-refractivity contribution in [3.63, 3.8) is 0 Å². The Hall–Kier alpha value is -3.64. The van der Waals surface area contributed by atoms with Crippen LogP contribution in [0.25, 0.3) is 11.3 Å². The highest BCUT2D eigenvalue weighted by Gasteiger charge is 2.34. The highest BCUT2D eigenvalue weighted by molar-refractivity contribution is 6.33. The maximum Gasteiger partial charge on any atom is 0.246 e. The second kappa shape index (κ2) is 11.2. The van der Waals surface area contributed by atoms with Gasteiger partial charge in [-0.25, -0.2) is 9.98 Å². The lowest BCUT2D eigenvalue weighted by atomic mass is 9.98. The smallest absolute Gasteiger partial charge is 0.246 e. The van der Waals surface area contributed by atoms with Gasteiger partial charge in [0.05, 0.1) is 16.3 Å². The molecule has 39 heavy (non-hydrogen) atoms. The minimum absolute atomic E-state index is 0.0344. The SMILES string of the molecule is C=CC(=O)N1CCN(C2=NCN(c3ccccc3C(C)C)c3nc(-c4ccccc4CC)c(Cl)cc32)[C@@H](C)C1. The van der Waals surface area contributed by atoms with Crippen LogP contribution >= 0.6 is 11.6 Å². The number of aliphatic imine (C=N–C) groups is 1. The van der Waals surface area contributed by atoms with Gasteiger partial charge in [0.15, 0.2) is 0 Å². The zero-order valence-corrected chi connectivity index (χ0v) is 23.9. The molecule has 0 bridgehead atoms. The monoisotopic (exact) mass is 541 g/mol. The molecular formula is C32H36ClN5O. The summed E-state index contributed by atoms with van der Waals surface area (Å²) in [7, 11) is 0. The number of fused-ring (bicyclic) bond motifs is 1. The van der Waals surface area contributed by atoms with Gasteiger partial charge in [-0.05, 0) is 48.6 Å². The van der Waals surface area contributed by atoms with Crippen molar-refractivity contribution in [3.05, 3.63) is 89.0 Å². The highest BCUT2D eigenvalue weighted by Crippen LogP contribution is 2.40. The van der Waals surface area contributed by atoms with Crippen LogP contribution in [0, 0.1) is 0 Å². The molecule has 0 unspecified atom stereocenters. The minimum Gasteiger partial charge on any atom is -0.350 e. The number of nitrogens with zero attached hydrogens (tertiary/aromatic N) is 5. The maximum atomic E-state index is 12.3. The van der Waals surface area contributed by atoms with Gasteiger partial charge in [-0.2, -0.15) is 0 Å². The quantitative estimate of drug-likeness (QED) is 0.339. The van der Waals surface area contributed by atoms with Crippen LogP contribution in [-0.4, -0.2) is 58.9 Å². The molecule has 3 heterocycles. The van der Waals surface area contributed by atoms with Gasteiger partial charge in [-0.15, -0.1) is 0 Å². The van der Waals surface area contributed by atoms with Crippen LogP contribution in [0.1, 0.15) is 50.3 Å². The van der Waals surface area contributed by atoms with Crippen molar-refractivity contribution in [2.45, 2.75) is 46.1 Å². The summed E-state index contributed by atoms with van der Waals surface area (Å²) in [6.07, 6.45) is 2.28. The topological polar surface area (TPSA) is 52.0 Å². The fraction of sp³-hybridized carbons (Fsp3) is 0.344. The summed E-state index contributed by atoms with van der Waals surface area (Å²) < 4.78 is 0. The predicted octanol–water partition coefficient (Wildman–Crippen LogP) is 6.66. The van der Waals surface area contributed by atoms with Crippen LogP contribution in [0.3, 0.4) is 0 Å². The van der Waals surface area contributed by atoms with Crippen molar-refractivity contribution < 1.29 is 4.79 Å². The molecule has 0 spiro atoms. The summed E-state index contributed by atoms with van der Waals surface area (Å²) in [6, 6.07) is 18.9. The maximum absolute atomic E-state index is 12.3. The van der Waals surface area contributed by atoms with E-state index in [1.54, 1.807) is 0 Å². The van der Waals surface area contributed by atoms with E-state index < -0.39 is 0 Å². The Labute approximate surface area is 236 Å². The number of hydrogen-bond donors (Lipinski definition) is 0. The predicted molar refractivity (Wildman–Crippen MR) is 161 cm³/mol. The first-order valence-electron chi connectivity index (χ1n) is 13.7. The van der Waals surface area contributed by atoms with E-state index in [0.29, 0.717) is 37.2 Å².